The molecule has 10 aromatic rings. The van der Waals surface area contributed by atoms with Crippen molar-refractivity contribution < 1.29 is 0 Å². The molecule has 2 nitrogen and oxygen atoms in total. The van der Waals surface area contributed by atoms with E-state index in [9.17, 15) is 0 Å². The minimum Gasteiger partial charge on any atom is -0.309 e. The Morgan fingerprint density at radius 2 is 0.857 bits per heavy atom. The molecule has 0 amide bonds. The minimum absolute atomic E-state index is 0.983. The van der Waals surface area contributed by atoms with E-state index < -0.39 is 0 Å². The zero-order valence-corrected chi connectivity index (χ0v) is 26.7. The Morgan fingerprint density at radius 1 is 0.347 bits per heavy atom. The van der Waals surface area contributed by atoms with Crippen LogP contribution in [0.1, 0.15) is 0 Å². The lowest BCUT2D eigenvalue weighted by molar-refractivity contribution is 1.18. The molecule has 228 valence electrons. The summed E-state index contributed by atoms with van der Waals surface area (Å²) in [4.78, 5) is 4.56. The van der Waals surface area contributed by atoms with Gasteiger partial charge in [0, 0.05) is 28.2 Å². The summed E-state index contributed by atoms with van der Waals surface area (Å²) < 4.78 is 2.41. The Hall–Kier alpha value is -6.51. The van der Waals surface area contributed by atoms with Gasteiger partial charge in [0.2, 0.25) is 0 Å². The van der Waals surface area contributed by atoms with Crippen LogP contribution in [0.2, 0.25) is 0 Å². The molecule has 0 aliphatic carbocycles. The standard InChI is InChI=1S/C47H30N2/c1-2-12-36-31(11-1)26-29-44-47(36)41-17-7-8-19-43(41)49(44)35-27-24-34(25-28-35)46-39-15-5-3-13-37(39)45(38-14-4-6-16-40(38)46)33-22-20-32(21-23-33)42-18-9-10-30-48-42/h1-30H. The Labute approximate surface area is 284 Å². The maximum absolute atomic E-state index is 4.56. The van der Waals surface area contributed by atoms with Gasteiger partial charge in [-0.05, 0) is 91.0 Å². The first-order chi connectivity index (χ1) is 24.3. The molecule has 0 bridgehead atoms. The van der Waals surface area contributed by atoms with Crippen molar-refractivity contribution in [2.75, 3.05) is 0 Å². The molecule has 0 atom stereocenters. The van der Waals surface area contributed by atoms with E-state index >= 15 is 0 Å². The third-order valence-electron chi connectivity index (χ3n) is 10.0. The van der Waals surface area contributed by atoms with Crippen molar-refractivity contribution in [3.8, 4) is 39.2 Å². The molecule has 2 heterocycles. The van der Waals surface area contributed by atoms with Gasteiger partial charge in [0.15, 0.2) is 0 Å². The van der Waals surface area contributed by atoms with Crippen molar-refractivity contribution in [2.24, 2.45) is 0 Å². The smallest absolute Gasteiger partial charge is 0.0701 e. The number of fused-ring (bicyclic) bond motifs is 7. The van der Waals surface area contributed by atoms with E-state index in [0.29, 0.717) is 0 Å². The molecule has 0 aliphatic heterocycles. The number of pyridine rings is 1. The Balaban J connectivity index is 1.15. The van der Waals surface area contributed by atoms with Gasteiger partial charge in [-0.3, -0.25) is 4.98 Å². The molecule has 0 saturated carbocycles. The molecule has 0 fully saturated rings. The average Bonchev–Trinajstić information content (AvgIpc) is 3.52. The molecule has 0 N–H and O–H groups in total. The van der Waals surface area contributed by atoms with Crippen molar-refractivity contribution in [2.45, 2.75) is 0 Å². The lowest BCUT2D eigenvalue weighted by Crippen LogP contribution is -1.94. The molecule has 10 rings (SSSR count). The number of aromatic nitrogens is 2. The first kappa shape index (κ1) is 27.6. The van der Waals surface area contributed by atoms with Crippen LogP contribution in [-0.2, 0) is 0 Å². The van der Waals surface area contributed by atoms with Gasteiger partial charge in [-0.25, -0.2) is 0 Å². The highest BCUT2D eigenvalue weighted by molar-refractivity contribution is 6.22. The summed E-state index contributed by atoms with van der Waals surface area (Å²) in [6.45, 7) is 0. The zero-order chi connectivity index (χ0) is 32.3. The van der Waals surface area contributed by atoms with Crippen LogP contribution in [0.5, 0.6) is 0 Å². The predicted octanol–water partition coefficient (Wildman–Crippen LogP) is 12.6. The van der Waals surface area contributed by atoms with Crippen LogP contribution < -0.4 is 0 Å². The minimum atomic E-state index is 0.983. The van der Waals surface area contributed by atoms with E-state index in [2.05, 4.69) is 173 Å². The van der Waals surface area contributed by atoms with Crippen LogP contribution in [0.4, 0.5) is 0 Å². The maximum atomic E-state index is 4.56. The number of hydrogen-bond donors (Lipinski definition) is 0. The van der Waals surface area contributed by atoms with Crippen molar-refractivity contribution >= 4 is 54.1 Å². The number of nitrogens with zero attached hydrogens (tertiary/aromatic N) is 2. The molecule has 0 unspecified atom stereocenters. The van der Waals surface area contributed by atoms with Gasteiger partial charge >= 0.3 is 0 Å². The van der Waals surface area contributed by atoms with E-state index in [4.69, 9.17) is 0 Å². The number of benzene rings is 8. The van der Waals surface area contributed by atoms with Gasteiger partial charge < -0.3 is 4.57 Å². The van der Waals surface area contributed by atoms with Gasteiger partial charge in [-0.1, -0.05) is 140 Å². The van der Waals surface area contributed by atoms with Crippen molar-refractivity contribution in [1.82, 2.24) is 9.55 Å². The molecule has 0 saturated heterocycles. The molecule has 49 heavy (non-hydrogen) atoms. The fourth-order valence-electron chi connectivity index (χ4n) is 7.89. The van der Waals surface area contributed by atoms with Gasteiger partial charge in [0.1, 0.15) is 0 Å². The quantitative estimate of drug-likeness (QED) is 0.179. The van der Waals surface area contributed by atoms with E-state index in [1.807, 2.05) is 18.3 Å². The molecule has 2 heteroatoms. The summed E-state index contributed by atoms with van der Waals surface area (Å²) >= 11 is 0. The number of hydrogen-bond acceptors (Lipinski definition) is 1. The summed E-state index contributed by atoms with van der Waals surface area (Å²) in [5, 5.41) is 10.1. The highest BCUT2D eigenvalue weighted by Gasteiger charge is 2.18. The SMILES string of the molecule is c1ccc(-c2ccc(-c3c4ccccc4c(-c4ccc(-n5c6ccccc6c6c7ccccc7ccc65)cc4)c4ccccc34)cc2)nc1. The fraction of sp³-hybridized carbons (Fsp3) is 0. The van der Waals surface area contributed by atoms with E-state index in [1.54, 1.807) is 0 Å². The van der Waals surface area contributed by atoms with Gasteiger partial charge in [-0.2, -0.15) is 0 Å². The summed E-state index contributed by atoms with van der Waals surface area (Å²) in [7, 11) is 0. The van der Waals surface area contributed by atoms with Crippen LogP contribution in [-0.4, -0.2) is 9.55 Å². The van der Waals surface area contributed by atoms with Crippen LogP contribution in [0, 0.1) is 0 Å². The molecule has 0 aliphatic rings. The lowest BCUT2D eigenvalue weighted by Gasteiger charge is -2.18. The van der Waals surface area contributed by atoms with Gasteiger partial charge in [0.05, 0.1) is 16.7 Å². The molecular weight excluding hydrogens is 593 g/mol. The summed E-state index contributed by atoms with van der Waals surface area (Å²) in [6, 6.07) is 63.7. The second kappa shape index (κ2) is 11.0. The summed E-state index contributed by atoms with van der Waals surface area (Å²) in [6.07, 6.45) is 1.85. The first-order valence-electron chi connectivity index (χ1n) is 16.8. The third kappa shape index (κ3) is 4.31. The first-order valence-corrected chi connectivity index (χ1v) is 16.8. The predicted molar refractivity (Wildman–Crippen MR) is 207 cm³/mol. The topological polar surface area (TPSA) is 17.8 Å². The largest absolute Gasteiger partial charge is 0.309 e. The molecule has 0 spiro atoms. The second-order valence-corrected chi connectivity index (χ2v) is 12.7. The van der Waals surface area contributed by atoms with Gasteiger partial charge in [0.25, 0.3) is 0 Å². The highest BCUT2D eigenvalue weighted by Crippen LogP contribution is 2.44. The Bertz CT molecular complexity index is 2790. The molecule has 8 aromatic carbocycles. The van der Waals surface area contributed by atoms with E-state index in [-0.39, 0.29) is 0 Å². The van der Waals surface area contributed by atoms with Crippen LogP contribution in [0.3, 0.4) is 0 Å². The Morgan fingerprint density at radius 3 is 1.47 bits per heavy atom. The lowest BCUT2D eigenvalue weighted by atomic mass is 9.86. The van der Waals surface area contributed by atoms with Crippen LogP contribution >= 0.6 is 0 Å². The Kier molecular flexibility index (Phi) is 6.22. The van der Waals surface area contributed by atoms with E-state index in [0.717, 1.165) is 16.9 Å². The number of para-hydroxylation sites is 1. The molecule has 2 aromatic heterocycles. The molecular formula is C47H30N2. The fourth-order valence-corrected chi connectivity index (χ4v) is 7.89. The highest BCUT2D eigenvalue weighted by atomic mass is 15.0. The summed E-state index contributed by atoms with van der Waals surface area (Å²) in [5.41, 5.74) is 10.6. The maximum Gasteiger partial charge on any atom is 0.0701 e. The van der Waals surface area contributed by atoms with Crippen LogP contribution in [0.15, 0.2) is 182 Å². The molecule has 0 radical (unpaired) electrons. The van der Waals surface area contributed by atoms with Crippen molar-refractivity contribution in [1.29, 1.82) is 0 Å². The van der Waals surface area contributed by atoms with E-state index in [1.165, 1.54) is 76.4 Å². The van der Waals surface area contributed by atoms with Crippen LogP contribution in [0.25, 0.3) is 93.3 Å². The average molecular weight is 623 g/mol. The number of rotatable bonds is 4. The normalized spacial score (nSPS) is 11.7. The summed E-state index contributed by atoms with van der Waals surface area (Å²) in [5.74, 6) is 0. The monoisotopic (exact) mass is 622 g/mol. The zero-order valence-electron chi connectivity index (χ0n) is 26.7. The van der Waals surface area contributed by atoms with Crippen molar-refractivity contribution in [3.05, 3.63) is 182 Å². The van der Waals surface area contributed by atoms with Gasteiger partial charge in [-0.15, -0.1) is 0 Å². The van der Waals surface area contributed by atoms with Crippen molar-refractivity contribution in [3.63, 3.8) is 0 Å². The second-order valence-electron chi connectivity index (χ2n) is 12.7. The third-order valence-corrected chi connectivity index (χ3v) is 10.0.